The summed E-state index contributed by atoms with van der Waals surface area (Å²) in [5, 5.41) is 15.5. The van der Waals surface area contributed by atoms with Gasteiger partial charge in [-0.15, -0.1) is 10.2 Å². The molecule has 0 unspecified atom stereocenters. The van der Waals surface area contributed by atoms with Crippen molar-refractivity contribution >= 4 is 17.7 Å². The van der Waals surface area contributed by atoms with Crippen LogP contribution in [0.25, 0.3) is 0 Å². The number of nitrogens with one attached hydrogen (secondary N) is 1. The van der Waals surface area contributed by atoms with E-state index in [0.29, 0.717) is 30.6 Å². The fourth-order valence-corrected chi connectivity index (χ4v) is 3.77. The number of fused-ring (bicyclic) bond motifs is 3. The molecule has 122 valence electrons. The minimum absolute atomic E-state index is 0.0161. The smallest absolute Gasteiger partial charge is 0.233 e. The summed E-state index contributed by atoms with van der Waals surface area (Å²) >= 11 is 1.35. The number of hydrogen-bond donors (Lipinski definition) is 1. The number of carbonyl (C=O) groups is 1. The van der Waals surface area contributed by atoms with Crippen LogP contribution in [0.3, 0.4) is 0 Å². The number of H-pyrrole nitrogens is 1. The predicted molar refractivity (Wildman–Crippen MR) is 80.7 cm³/mol. The molecule has 2 atom stereocenters. The highest BCUT2D eigenvalue weighted by atomic mass is 32.2. The van der Waals surface area contributed by atoms with E-state index in [1.165, 1.54) is 11.8 Å². The van der Waals surface area contributed by atoms with Crippen molar-refractivity contribution in [2.45, 2.75) is 37.3 Å². The zero-order valence-corrected chi connectivity index (χ0v) is 13.5. The Labute approximate surface area is 136 Å². The number of aromatic nitrogens is 6. The van der Waals surface area contributed by atoms with E-state index in [9.17, 15) is 4.79 Å². The second-order valence-electron chi connectivity index (χ2n) is 5.71. The van der Waals surface area contributed by atoms with Crippen LogP contribution in [0.5, 0.6) is 0 Å². The van der Waals surface area contributed by atoms with Gasteiger partial charge in [0.15, 0.2) is 0 Å². The molecule has 2 aromatic heterocycles. The standard InChI is InChI=1S/C13H17N7O2S/c1-8-15-13(17-16-8)23-7-12(21)19-3-2-10-11(5-19)22-6-9-4-14-18-20(9)10/h4,10-11H,2-3,5-7H2,1H3,(H,15,16,17)/t10-,11-/m0/s1. The minimum atomic E-state index is -0.0161. The Morgan fingerprint density at radius 3 is 3.30 bits per heavy atom. The van der Waals surface area contributed by atoms with Crippen LogP contribution in [0, 0.1) is 6.92 Å². The summed E-state index contributed by atoms with van der Waals surface area (Å²) in [6.07, 6.45) is 2.55. The van der Waals surface area contributed by atoms with Crippen molar-refractivity contribution in [1.82, 2.24) is 35.1 Å². The van der Waals surface area contributed by atoms with E-state index in [1.54, 1.807) is 6.20 Å². The summed E-state index contributed by atoms with van der Waals surface area (Å²) < 4.78 is 7.83. The third-order valence-electron chi connectivity index (χ3n) is 4.19. The lowest BCUT2D eigenvalue weighted by atomic mass is 10.0. The van der Waals surface area contributed by atoms with Crippen LogP contribution in [0.2, 0.25) is 0 Å². The third-order valence-corrected chi connectivity index (χ3v) is 5.02. The molecule has 1 N–H and O–H groups in total. The zero-order chi connectivity index (χ0) is 15.8. The molecule has 4 heterocycles. The number of amides is 1. The number of aromatic amines is 1. The number of carbonyl (C=O) groups excluding carboxylic acids is 1. The van der Waals surface area contributed by atoms with Gasteiger partial charge in [-0.25, -0.2) is 9.67 Å². The van der Waals surface area contributed by atoms with E-state index in [1.807, 2.05) is 16.5 Å². The summed E-state index contributed by atoms with van der Waals surface area (Å²) in [5.41, 5.74) is 1.00. The van der Waals surface area contributed by atoms with Gasteiger partial charge in [-0.3, -0.25) is 9.89 Å². The van der Waals surface area contributed by atoms with Crippen LogP contribution in [-0.4, -0.2) is 65.9 Å². The van der Waals surface area contributed by atoms with Crippen LogP contribution >= 0.6 is 11.8 Å². The average molecular weight is 335 g/mol. The van der Waals surface area contributed by atoms with Gasteiger partial charge in [0.25, 0.3) is 0 Å². The first-order chi connectivity index (χ1) is 11.2. The van der Waals surface area contributed by atoms with Crippen LogP contribution in [0.4, 0.5) is 0 Å². The molecule has 1 amide bonds. The van der Waals surface area contributed by atoms with E-state index in [4.69, 9.17) is 4.74 Å². The highest BCUT2D eigenvalue weighted by Crippen LogP contribution is 2.30. The Balaban J connectivity index is 1.36. The van der Waals surface area contributed by atoms with E-state index >= 15 is 0 Å². The number of nitrogens with zero attached hydrogens (tertiary/aromatic N) is 6. The Morgan fingerprint density at radius 1 is 1.57 bits per heavy atom. The summed E-state index contributed by atoms with van der Waals surface area (Å²) in [5.74, 6) is 1.17. The third kappa shape index (κ3) is 2.83. The zero-order valence-electron chi connectivity index (χ0n) is 12.7. The second-order valence-corrected chi connectivity index (χ2v) is 6.65. The Kier molecular flexibility index (Phi) is 3.77. The van der Waals surface area contributed by atoms with Crippen molar-refractivity contribution in [2.24, 2.45) is 0 Å². The molecule has 0 spiro atoms. The number of aryl methyl sites for hydroxylation is 1. The molecule has 2 aliphatic rings. The normalized spacial score (nSPS) is 23.4. The maximum absolute atomic E-state index is 12.4. The lowest BCUT2D eigenvalue weighted by Gasteiger charge is -2.40. The lowest BCUT2D eigenvalue weighted by molar-refractivity contribution is -0.136. The average Bonchev–Trinajstić information content (AvgIpc) is 3.20. The first kappa shape index (κ1) is 14.6. The maximum Gasteiger partial charge on any atom is 0.233 e. The summed E-state index contributed by atoms with van der Waals surface area (Å²) in [4.78, 5) is 18.4. The Morgan fingerprint density at radius 2 is 2.48 bits per heavy atom. The summed E-state index contributed by atoms with van der Waals surface area (Å²) in [6, 6.07) is 0.175. The van der Waals surface area contributed by atoms with Crippen molar-refractivity contribution in [1.29, 1.82) is 0 Å². The van der Waals surface area contributed by atoms with Gasteiger partial charge in [-0.1, -0.05) is 17.0 Å². The van der Waals surface area contributed by atoms with Crippen LogP contribution in [-0.2, 0) is 16.1 Å². The molecule has 2 aromatic rings. The van der Waals surface area contributed by atoms with Crippen molar-refractivity contribution < 1.29 is 9.53 Å². The first-order valence-corrected chi connectivity index (χ1v) is 8.49. The van der Waals surface area contributed by atoms with Gasteiger partial charge < -0.3 is 9.64 Å². The van der Waals surface area contributed by atoms with E-state index in [0.717, 1.165) is 17.9 Å². The van der Waals surface area contributed by atoms with Gasteiger partial charge >= 0.3 is 0 Å². The van der Waals surface area contributed by atoms with Gasteiger partial charge in [-0.05, 0) is 13.3 Å². The molecule has 1 fully saturated rings. The quantitative estimate of drug-likeness (QED) is 0.798. The topological polar surface area (TPSA) is 102 Å². The Bertz CT molecular complexity index is 715. The predicted octanol–water partition coefficient (Wildman–Crippen LogP) is 0.169. The summed E-state index contributed by atoms with van der Waals surface area (Å²) in [7, 11) is 0. The van der Waals surface area contributed by atoms with Crippen molar-refractivity contribution in [2.75, 3.05) is 18.8 Å². The molecule has 0 saturated carbocycles. The second kappa shape index (κ2) is 5.93. The van der Waals surface area contributed by atoms with E-state index in [2.05, 4.69) is 25.5 Å². The van der Waals surface area contributed by atoms with Gasteiger partial charge in [0.05, 0.1) is 36.4 Å². The fourth-order valence-electron chi connectivity index (χ4n) is 3.02. The molecular weight excluding hydrogens is 318 g/mol. The van der Waals surface area contributed by atoms with Crippen LogP contribution in [0.1, 0.15) is 24.0 Å². The number of hydrogen-bond acceptors (Lipinski definition) is 7. The molecule has 0 radical (unpaired) electrons. The number of rotatable bonds is 3. The first-order valence-electron chi connectivity index (χ1n) is 7.51. The molecule has 2 aliphatic heterocycles. The molecule has 0 bridgehead atoms. The van der Waals surface area contributed by atoms with E-state index < -0.39 is 0 Å². The maximum atomic E-state index is 12.4. The number of ether oxygens (including phenoxy) is 1. The Hall–Kier alpha value is -1.94. The van der Waals surface area contributed by atoms with Gasteiger partial charge in [0.2, 0.25) is 11.1 Å². The molecule has 9 nitrogen and oxygen atoms in total. The largest absolute Gasteiger partial charge is 0.368 e. The number of thioether (sulfide) groups is 1. The van der Waals surface area contributed by atoms with Gasteiger partial charge in [0.1, 0.15) is 5.82 Å². The SMILES string of the molecule is Cc1nc(SCC(=O)N2CC[C@H]3[C@H](C2)OCc2cnnn23)n[nH]1. The molecule has 10 heteroatoms. The van der Waals surface area contributed by atoms with Crippen molar-refractivity contribution in [3.63, 3.8) is 0 Å². The number of piperidine rings is 1. The number of likely N-dealkylation sites (tertiary alicyclic amines) is 1. The van der Waals surface area contributed by atoms with E-state index in [-0.39, 0.29) is 18.1 Å². The molecule has 23 heavy (non-hydrogen) atoms. The van der Waals surface area contributed by atoms with Gasteiger partial charge in [-0.2, -0.15) is 0 Å². The molecule has 0 aliphatic carbocycles. The van der Waals surface area contributed by atoms with Crippen LogP contribution < -0.4 is 0 Å². The minimum Gasteiger partial charge on any atom is -0.368 e. The van der Waals surface area contributed by atoms with Crippen molar-refractivity contribution in [3.8, 4) is 0 Å². The highest BCUT2D eigenvalue weighted by Gasteiger charge is 2.37. The molecular formula is C13H17N7O2S. The molecule has 4 rings (SSSR count). The monoisotopic (exact) mass is 335 g/mol. The molecule has 0 aromatic carbocycles. The van der Waals surface area contributed by atoms with Crippen LogP contribution in [0.15, 0.2) is 11.4 Å². The summed E-state index contributed by atoms with van der Waals surface area (Å²) in [6.45, 7) is 3.64. The van der Waals surface area contributed by atoms with Gasteiger partial charge in [0, 0.05) is 13.1 Å². The highest BCUT2D eigenvalue weighted by molar-refractivity contribution is 7.99. The molecule has 1 saturated heterocycles. The fraction of sp³-hybridized carbons (Fsp3) is 0.615. The van der Waals surface area contributed by atoms with Crippen molar-refractivity contribution in [3.05, 3.63) is 17.7 Å². The lowest BCUT2D eigenvalue weighted by Crippen LogP contribution is -2.50.